The van der Waals surface area contributed by atoms with Crippen molar-refractivity contribution in [2.45, 2.75) is 36.0 Å². The number of carbonyl (C=O) groups is 2. The second-order valence-corrected chi connectivity index (χ2v) is 8.96. The molecule has 4 rings (SSSR count). The van der Waals surface area contributed by atoms with Gasteiger partial charge in [-0.05, 0) is 55.0 Å². The summed E-state index contributed by atoms with van der Waals surface area (Å²) in [7, 11) is 0. The van der Waals surface area contributed by atoms with Gasteiger partial charge in [0.2, 0.25) is 5.91 Å². The van der Waals surface area contributed by atoms with E-state index in [1.165, 1.54) is 36.5 Å². The van der Waals surface area contributed by atoms with Crippen molar-refractivity contribution in [3.8, 4) is 0 Å². The Hall–Kier alpha value is -3.60. The van der Waals surface area contributed by atoms with E-state index in [0.717, 1.165) is 11.6 Å². The van der Waals surface area contributed by atoms with E-state index < -0.39 is 23.2 Å². The lowest BCUT2D eigenvalue weighted by Crippen LogP contribution is -2.48. The van der Waals surface area contributed by atoms with Crippen molar-refractivity contribution in [2.24, 2.45) is 0 Å². The molecule has 1 aromatic heterocycles. The summed E-state index contributed by atoms with van der Waals surface area (Å²) in [5.74, 6) is -0.717. The number of thioether (sulfide) groups is 1. The van der Waals surface area contributed by atoms with Crippen LogP contribution in [0.25, 0.3) is 0 Å². The van der Waals surface area contributed by atoms with Gasteiger partial charge in [-0.2, -0.15) is 13.2 Å². The normalized spacial score (nSPS) is 14.2. The van der Waals surface area contributed by atoms with E-state index in [2.05, 4.69) is 25.9 Å². The predicted octanol–water partition coefficient (Wildman–Crippen LogP) is 4.54. The van der Waals surface area contributed by atoms with Gasteiger partial charge in [0, 0.05) is 29.5 Å². The Bertz CT molecular complexity index is 1220. The molecule has 1 aliphatic rings. The fraction of sp³-hybridized carbons (Fsp3) is 0.250. The van der Waals surface area contributed by atoms with Crippen LogP contribution in [-0.2, 0) is 17.5 Å². The number of aromatic nitrogens is 2. The van der Waals surface area contributed by atoms with Crippen LogP contribution < -0.4 is 16.0 Å². The van der Waals surface area contributed by atoms with Gasteiger partial charge in [0.25, 0.3) is 5.91 Å². The quantitative estimate of drug-likeness (QED) is 0.392. The highest BCUT2D eigenvalue weighted by Gasteiger charge is 2.51. The minimum Gasteiger partial charge on any atom is -0.355 e. The second-order valence-electron chi connectivity index (χ2n) is 8.08. The monoisotopic (exact) mass is 501 g/mol. The van der Waals surface area contributed by atoms with Crippen molar-refractivity contribution in [3.63, 3.8) is 0 Å². The number of anilines is 2. The first-order chi connectivity index (χ1) is 16.7. The first-order valence-corrected chi connectivity index (χ1v) is 11.9. The van der Waals surface area contributed by atoms with Crippen LogP contribution in [0.3, 0.4) is 0 Å². The zero-order valence-electron chi connectivity index (χ0n) is 18.6. The Morgan fingerprint density at radius 2 is 1.74 bits per heavy atom. The molecule has 2 aromatic carbocycles. The third kappa shape index (κ3) is 5.91. The minimum absolute atomic E-state index is 0.0356. The molecule has 182 valence electrons. The first kappa shape index (κ1) is 24.5. The molecule has 1 heterocycles. The topological polar surface area (TPSA) is 96.0 Å². The van der Waals surface area contributed by atoms with Gasteiger partial charge in [-0.15, -0.1) is 11.8 Å². The van der Waals surface area contributed by atoms with Crippen LogP contribution in [-0.4, -0.2) is 33.6 Å². The molecule has 3 N–H and O–H groups in total. The van der Waals surface area contributed by atoms with Crippen molar-refractivity contribution in [1.82, 2.24) is 20.6 Å². The molecule has 0 aliphatic heterocycles. The van der Waals surface area contributed by atoms with Crippen LogP contribution >= 0.6 is 11.8 Å². The number of alkyl halides is 3. The number of halogens is 3. The number of nitrogens with one attached hydrogen (secondary N) is 3. The molecule has 0 saturated heterocycles. The summed E-state index contributed by atoms with van der Waals surface area (Å²) in [6, 6.07) is 10.9. The molecule has 0 unspecified atom stereocenters. The molecule has 1 fully saturated rings. The van der Waals surface area contributed by atoms with E-state index in [1.54, 1.807) is 36.6 Å². The first-order valence-electron chi connectivity index (χ1n) is 10.7. The average molecular weight is 502 g/mol. The van der Waals surface area contributed by atoms with Crippen molar-refractivity contribution in [3.05, 3.63) is 77.9 Å². The molecular weight excluding hydrogens is 479 g/mol. The fourth-order valence-electron chi connectivity index (χ4n) is 3.45. The van der Waals surface area contributed by atoms with Gasteiger partial charge in [-0.1, -0.05) is 12.1 Å². The zero-order chi connectivity index (χ0) is 25.1. The van der Waals surface area contributed by atoms with Gasteiger partial charge in [-0.25, -0.2) is 9.97 Å². The Morgan fingerprint density at radius 3 is 2.34 bits per heavy atom. The van der Waals surface area contributed by atoms with E-state index in [9.17, 15) is 22.8 Å². The minimum atomic E-state index is -4.49. The molecular formula is C24H22F3N5O2S. The summed E-state index contributed by atoms with van der Waals surface area (Å²) < 4.78 is 40.4. The molecule has 0 spiro atoms. The zero-order valence-corrected chi connectivity index (χ0v) is 19.5. The molecule has 35 heavy (non-hydrogen) atoms. The van der Waals surface area contributed by atoms with Crippen LogP contribution in [0, 0.1) is 0 Å². The highest BCUT2D eigenvalue weighted by molar-refractivity contribution is 7.98. The van der Waals surface area contributed by atoms with Gasteiger partial charge in [-0.3, -0.25) is 9.59 Å². The van der Waals surface area contributed by atoms with Crippen molar-refractivity contribution in [2.75, 3.05) is 11.6 Å². The van der Waals surface area contributed by atoms with E-state index in [-0.39, 0.29) is 23.7 Å². The van der Waals surface area contributed by atoms with E-state index in [1.807, 2.05) is 0 Å². The van der Waals surface area contributed by atoms with Crippen molar-refractivity contribution in [1.29, 1.82) is 0 Å². The van der Waals surface area contributed by atoms with Gasteiger partial charge in [0.1, 0.15) is 11.9 Å². The smallest absolute Gasteiger partial charge is 0.355 e. The lowest BCUT2D eigenvalue weighted by atomic mass is 10.1. The Labute approximate surface area is 203 Å². The second kappa shape index (κ2) is 9.95. The standard InChI is InChI=1S/C24H22F3N5O2S/c1-35-18-6-7-20(19(10-18)24(25,26)27)31-17-4-2-15(3-5-17)11-30-22(34)23(8-9-23)32-21(33)16-12-28-14-29-13-16/h2-7,10,12-14,31H,8-9,11H2,1H3,(H,30,34)(H,32,33). The number of hydrogen-bond acceptors (Lipinski definition) is 6. The summed E-state index contributed by atoms with van der Waals surface area (Å²) in [4.78, 5) is 33.1. The number of amides is 2. The van der Waals surface area contributed by atoms with Gasteiger partial charge in [0.15, 0.2) is 0 Å². The number of benzene rings is 2. The third-order valence-corrected chi connectivity index (χ3v) is 6.30. The SMILES string of the molecule is CSc1ccc(Nc2ccc(CNC(=O)C3(NC(=O)c4cncnc4)CC3)cc2)c(C(F)(F)F)c1. The lowest BCUT2D eigenvalue weighted by Gasteiger charge is -2.18. The summed E-state index contributed by atoms with van der Waals surface area (Å²) >= 11 is 1.24. The molecule has 0 radical (unpaired) electrons. The maximum atomic E-state index is 13.5. The molecule has 11 heteroatoms. The average Bonchev–Trinajstić information content (AvgIpc) is 3.64. The van der Waals surface area contributed by atoms with Crippen LogP contribution in [0.4, 0.5) is 24.5 Å². The number of nitrogens with zero attached hydrogens (tertiary/aromatic N) is 2. The fourth-order valence-corrected chi connectivity index (χ4v) is 3.89. The summed E-state index contributed by atoms with van der Waals surface area (Å²) in [6.45, 7) is 0.210. The predicted molar refractivity (Wildman–Crippen MR) is 126 cm³/mol. The maximum Gasteiger partial charge on any atom is 0.418 e. The van der Waals surface area contributed by atoms with Crippen LogP contribution in [0.1, 0.15) is 34.3 Å². The summed E-state index contributed by atoms with van der Waals surface area (Å²) in [6.07, 6.45) is 2.35. The number of hydrogen-bond donors (Lipinski definition) is 3. The van der Waals surface area contributed by atoms with E-state index in [0.29, 0.717) is 23.4 Å². The molecule has 0 bridgehead atoms. The van der Waals surface area contributed by atoms with Crippen LogP contribution in [0.5, 0.6) is 0 Å². The number of rotatable bonds is 8. The molecule has 1 aliphatic carbocycles. The van der Waals surface area contributed by atoms with E-state index >= 15 is 0 Å². The van der Waals surface area contributed by atoms with Crippen molar-refractivity contribution < 1.29 is 22.8 Å². The van der Waals surface area contributed by atoms with E-state index in [4.69, 9.17) is 0 Å². The van der Waals surface area contributed by atoms with Gasteiger partial charge in [0.05, 0.1) is 16.8 Å². The lowest BCUT2D eigenvalue weighted by molar-refractivity contribution is -0.137. The van der Waals surface area contributed by atoms with Crippen molar-refractivity contribution >= 4 is 35.0 Å². The molecule has 1 saturated carbocycles. The van der Waals surface area contributed by atoms with Gasteiger partial charge < -0.3 is 16.0 Å². The van der Waals surface area contributed by atoms with Crippen LogP contribution in [0.15, 0.2) is 66.1 Å². The maximum absolute atomic E-state index is 13.5. The largest absolute Gasteiger partial charge is 0.418 e. The summed E-state index contributed by atoms with van der Waals surface area (Å²) in [5.41, 5.74) is -0.210. The molecule has 7 nitrogen and oxygen atoms in total. The third-order valence-electron chi connectivity index (χ3n) is 5.58. The molecule has 2 amide bonds. The molecule has 0 atom stereocenters. The highest BCUT2D eigenvalue weighted by Crippen LogP contribution is 2.38. The molecule has 3 aromatic rings. The Kier molecular flexibility index (Phi) is 6.97. The summed E-state index contributed by atoms with van der Waals surface area (Å²) in [5, 5.41) is 8.38. The Morgan fingerprint density at radius 1 is 1.06 bits per heavy atom. The van der Waals surface area contributed by atoms with Crippen LogP contribution in [0.2, 0.25) is 0 Å². The Balaban J connectivity index is 1.36. The van der Waals surface area contributed by atoms with Gasteiger partial charge >= 0.3 is 6.18 Å². The number of carbonyl (C=O) groups excluding carboxylic acids is 2. The highest BCUT2D eigenvalue weighted by atomic mass is 32.2.